The fourth-order valence-electron chi connectivity index (χ4n) is 3.16. The highest BCUT2D eigenvalue weighted by Gasteiger charge is 2.26. The zero-order chi connectivity index (χ0) is 17.1. The summed E-state index contributed by atoms with van der Waals surface area (Å²) < 4.78 is 8.06. The van der Waals surface area contributed by atoms with Crippen LogP contribution in [0, 0.1) is 11.8 Å². The first kappa shape index (κ1) is 16.5. The molecule has 1 aliphatic carbocycles. The number of hydrogen-bond donors (Lipinski definition) is 0. The van der Waals surface area contributed by atoms with Gasteiger partial charge in [0.25, 0.3) is 0 Å². The lowest BCUT2D eigenvalue weighted by Crippen LogP contribution is -2.34. The summed E-state index contributed by atoms with van der Waals surface area (Å²) >= 11 is 1.63. The normalized spacial score (nSPS) is 20.6. The number of nitrogens with zero attached hydrogens (tertiary/aromatic N) is 3. The minimum atomic E-state index is 0.0512. The molecule has 0 N–H and O–H groups in total. The number of aromatic nitrogens is 2. The summed E-state index contributed by atoms with van der Waals surface area (Å²) in [6, 6.07) is 4.01. The van der Waals surface area contributed by atoms with Gasteiger partial charge in [-0.05, 0) is 36.3 Å². The van der Waals surface area contributed by atoms with Gasteiger partial charge in [0.2, 0.25) is 5.91 Å². The molecule has 1 amide bonds. The van der Waals surface area contributed by atoms with Crippen molar-refractivity contribution in [2.75, 3.05) is 19.8 Å². The Morgan fingerprint density at radius 2 is 2.20 bits per heavy atom. The summed E-state index contributed by atoms with van der Waals surface area (Å²) in [5.41, 5.74) is 1.09. The van der Waals surface area contributed by atoms with Crippen molar-refractivity contribution >= 4 is 23.3 Å². The maximum atomic E-state index is 12.7. The van der Waals surface area contributed by atoms with Crippen molar-refractivity contribution in [3.8, 4) is 0 Å². The molecule has 3 heterocycles. The Labute approximate surface area is 151 Å². The first-order chi connectivity index (χ1) is 12.3. The Bertz CT molecular complexity index is 734. The molecule has 0 aromatic carbocycles. The van der Waals surface area contributed by atoms with E-state index in [4.69, 9.17) is 4.74 Å². The molecule has 2 aromatic heterocycles. The maximum absolute atomic E-state index is 12.7. The number of fused-ring (bicyclic) bond motifs is 1. The van der Waals surface area contributed by atoms with Crippen molar-refractivity contribution in [1.29, 1.82) is 0 Å². The van der Waals surface area contributed by atoms with Crippen LogP contribution in [0.1, 0.15) is 23.4 Å². The average molecular weight is 357 g/mol. The van der Waals surface area contributed by atoms with E-state index in [0.717, 1.165) is 36.2 Å². The zero-order valence-electron chi connectivity index (χ0n) is 14.2. The molecule has 0 radical (unpaired) electrons. The number of amides is 1. The largest absolute Gasteiger partial charge is 0.381 e. The monoisotopic (exact) mass is 357 g/mol. The second-order valence-corrected chi connectivity index (χ2v) is 7.93. The fraction of sp³-hybridized carbons (Fsp3) is 0.474. The third kappa shape index (κ3) is 4.38. The summed E-state index contributed by atoms with van der Waals surface area (Å²) in [4.78, 5) is 19.9. The lowest BCUT2D eigenvalue weighted by Gasteiger charge is -2.23. The van der Waals surface area contributed by atoms with Crippen LogP contribution in [-0.4, -0.2) is 40.1 Å². The number of thiophene rings is 1. The number of imidazole rings is 1. The minimum Gasteiger partial charge on any atom is -0.381 e. The van der Waals surface area contributed by atoms with Gasteiger partial charge in [-0.2, -0.15) is 0 Å². The van der Waals surface area contributed by atoms with Crippen LogP contribution < -0.4 is 0 Å². The molecule has 6 heteroatoms. The highest BCUT2D eigenvalue weighted by Crippen LogP contribution is 2.29. The summed E-state index contributed by atoms with van der Waals surface area (Å²) in [5.74, 6) is 1.12. The Kier molecular flexibility index (Phi) is 4.99. The van der Waals surface area contributed by atoms with Crippen molar-refractivity contribution in [2.45, 2.75) is 25.9 Å². The van der Waals surface area contributed by atoms with Crippen LogP contribution in [0.5, 0.6) is 0 Å². The molecule has 2 aromatic rings. The topological polar surface area (TPSA) is 47.4 Å². The van der Waals surface area contributed by atoms with E-state index in [1.54, 1.807) is 17.4 Å². The van der Waals surface area contributed by atoms with Crippen molar-refractivity contribution in [3.63, 3.8) is 0 Å². The average Bonchev–Trinajstić information content (AvgIpc) is 3.15. The SMILES string of the molecule is O=C(/C=C/c1cccs1)N1Cc2cncn2C[C@@H](COCC2CC2)C1. The van der Waals surface area contributed by atoms with E-state index < -0.39 is 0 Å². The van der Waals surface area contributed by atoms with E-state index in [2.05, 4.69) is 9.55 Å². The molecule has 0 unspecified atom stereocenters. The standard InChI is InChI=1S/C19H23N3O2S/c23-19(6-5-18-2-1-7-25-18)21-9-16(13-24-12-15-3-4-15)10-22-14-20-8-17(22)11-21/h1-2,5-8,14-16H,3-4,9-13H2/b6-5+/t16-/m0/s1. The summed E-state index contributed by atoms with van der Waals surface area (Å²) in [5, 5.41) is 2.02. The molecule has 4 rings (SSSR count). The third-order valence-corrected chi connectivity index (χ3v) is 5.57. The predicted octanol–water partition coefficient (Wildman–Crippen LogP) is 3.04. The highest BCUT2D eigenvalue weighted by molar-refractivity contribution is 7.10. The molecule has 132 valence electrons. The van der Waals surface area contributed by atoms with E-state index in [0.29, 0.717) is 19.1 Å². The molecule has 2 aliphatic rings. The minimum absolute atomic E-state index is 0.0512. The first-order valence-corrected chi connectivity index (χ1v) is 9.73. The number of rotatable bonds is 6. The maximum Gasteiger partial charge on any atom is 0.246 e. The van der Waals surface area contributed by atoms with Crippen LogP contribution in [0.15, 0.2) is 36.1 Å². The van der Waals surface area contributed by atoms with Gasteiger partial charge in [0.15, 0.2) is 0 Å². The molecule has 1 aliphatic heterocycles. The molecule has 1 fully saturated rings. The van der Waals surface area contributed by atoms with E-state index in [1.165, 1.54) is 12.8 Å². The van der Waals surface area contributed by atoms with Crippen LogP contribution in [0.4, 0.5) is 0 Å². The van der Waals surface area contributed by atoms with Crippen LogP contribution in [-0.2, 0) is 22.6 Å². The second kappa shape index (κ2) is 7.54. The fourth-order valence-corrected chi connectivity index (χ4v) is 3.77. The predicted molar refractivity (Wildman–Crippen MR) is 98.0 cm³/mol. The molecule has 1 atom stereocenters. The van der Waals surface area contributed by atoms with Gasteiger partial charge in [0.1, 0.15) is 0 Å². The van der Waals surface area contributed by atoms with Crippen molar-refractivity contribution in [3.05, 3.63) is 46.7 Å². The Hall–Kier alpha value is -1.92. The lowest BCUT2D eigenvalue weighted by molar-refractivity contribution is -0.127. The number of carbonyl (C=O) groups excluding carboxylic acids is 1. The molecular weight excluding hydrogens is 334 g/mol. The van der Waals surface area contributed by atoms with E-state index >= 15 is 0 Å². The molecule has 0 saturated heterocycles. The van der Waals surface area contributed by atoms with Crippen LogP contribution in [0.2, 0.25) is 0 Å². The van der Waals surface area contributed by atoms with Gasteiger partial charge >= 0.3 is 0 Å². The van der Waals surface area contributed by atoms with Gasteiger partial charge in [0, 0.05) is 42.8 Å². The Morgan fingerprint density at radius 1 is 1.32 bits per heavy atom. The summed E-state index contributed by atoms with van der Waals surface area (Å²) in [6.07, 6.45) is 9.89. The lowest BCUT2D eigenvalue weighted by atomic mass is 10.1. The molecule has 5 nitrogen and oxygen atoms in total. The summed E-state index contributed by atoms with van der Waals surface area (Å²) in [7, 11) is 0. The van der Waals surface area contributed by atoms with Gasteiger partial charge in [-0.1, -0.05) is 6.07 Å². The van der Waals surface area contributed by atoms with Gasteiger partial charge in [0.05, 0.1) is 25.2 Å². The van der Waals surface area contributed by atoms with E-state index in [1.807, 2.05) is 41.0 Å². The van der Waals surface area contributed by atoms with Crippen molar-refractivity contribution < 1.29 is 9.53 Å². The van der Waals surface area contributed by atoms with Gasteiger partial charge in [-0.25, -0.2) is 4.98 Å². The van der Waals surface area contributed by atoms with Crippen LogP contribution >= 0.6 is 11.3 Å². The number of ether oxygens (including phenoxy) is 1. The second-order valence-electron chi connectivity index (χ2n) is 6.95. The van der Waals surface area contributed by atoms with Gasteiger partial charge < -0.3 is 14.2 Å². The van der Waals surface area contributed by atoms with Crippen LogP contribution in [0.25, 0.3) is 6.08 Å². The first-order valence-electron chi connectivity index (χ1n) is 8.85. The van der Waals surface area contributed by atoms with Crippen LogP contribution in [0.3, 0.4) is 0 Å². The van der Waals surface area contributed by atoms with Crippen molar-refractivity contribution in [2.24, 2.45) is 11.8 Å². The zero-order valence-corrected chi connectivity index (χ0v) is 15.0. The molecule has 0 bridgehead atoms. The number of hydrogen-bond acceptors (Lipinski definition) is 4. The van der Waals surface area contributed by atoms with Gasteiger partial charge in [-0.3, -0.25) is 4.79 Å². The van der Waals surface area contributed by atoms with E-state index in [-0.39, 0.29) is 5.91 Å². The molecule has 0 spiro atoms. The van der Waals surface area contributed by atoms with Gasteiger partial charge in [-0.15, -0.1) is 11.3 Å². The summed E-state index contributed by atoms with van der Waals surface area (Å²) in [6.45, 7) is 3.75. The number of carbonyl (C=O) groups is 1. The molecule has 1 saturated carbocycles. The molecule has 25 heavy (non-hydrogen) atoms. The Balaban J connectivity index is 1.43. The third-order valence-electron chi connectivity index (χ3n) is 4.73. The molecular formula is C19H23N3O2S. The quantitative estimate of drug-likeness (QED) is 0.747. The smallest absolute Gasteiger partial charge is 0.246 e. The van der Waals surface area contributed by atoms with Crippen molar-refractivity contribution in [1.82, 2.24) is 14.5 Å². The Morgan fingerprint density at radius 3 is 3.00 bits per heavy atom. The highest BCUT2D eigenvalue weighted by atomic mass is 32.1. The van der Waals surface area contributed by atoms with E-state index in [9.17, 15) is 4.79 Å².